The highest BCUT2D eigenvalue weighted by Crippen LogP contribution is 2.43. The van der Waals surface area contributed by atoms with Crippen LogP contribution < -0.4 is 4.90 Å². The predicted molar refractivity (Wildman–Crippen MR) is 151 cm³/mol. The summed E-state index contributed by atoms with van der Waals surface area (Å²) < 4.78 is 6.57. The molecule has 0 radical (unpaired) electrons. The van der Waals surface area contributed by atoms with Gasteiger partial charge in [-0.05, 0) is 64.9 Å². The van der Waals surface area contributed by atoms with Crippen LogP contribution in [0.2, 0.25) is 0 Å². The molecule has 0 fully saturated rings. The molecule has 0 N–H and O–H groups in total. The summed E-state index contributed by atoms with van der Waals surface area (Å²) in [5.74, 6) is 0. The molecule has 6 aromatic carbocycles. The number of benzene rings is 6. The molecule has 7 rings (SSSR count). The summed E-state index contributed by atoms with van der Waals surface area (Å²) in [5.41, 5.74) is 7.35. The Balaban J connectivity index is 1.58. The highest BCUT2D eigenvalue weighted by Gasteiger charge is 2.19. The van der Waals surface area contributed by atoms with E-state index in [-0.39, 0.29) is 0 Å². The average Bonchev–Trinajstić information content (AvgIpc) is 3.30. The zero-order chi connectivity index (χ0) is 23.9. The number of nitrogens with zero attached hydrogens (tertiary/aromatic N) is 1. The minimum atomic E-state index is 0.906. The van der Waals surface area contributed by atoms with E-state index in [0.29, 0.717) is 0 Å². The fourth-order valence-electron chi connectivity index (χ4n) is 5.11. The van der Waals surface area contributed by atoms with E-state index in [0.717, 1.165) is 50.1 Å². The Labute approximate surface area is 209 Å². The van der Waals surface area contributed by atoms with Crippen LogP contribution >= 0.6 is 0 Å². The van der Waals surface area contributed by atoms with Gasteiger partial charge in [0.25, 0.3) is 0 Å². The molecule has 7 aromatic rings. The molecule has 0 amide bonds. The number of fused-ring (bicyclic) bond motifs is 4. The Kier molecular flexibility index (Phi) is 4.82. The van der Waals surface area contributed by atoms with Crippen LogP contribution in [0.4, 0.5) is 17.1 Å². The zero-order valence-corrected chi connectivity index (χ0v) is 19.6. The van der Waals surface area contributed by atoms with E-state index in [1.165, 1.54) is 10.8 Å². The maximum absolute atomic E-state index is 6.57. The van der Waals surface area contributed by atoms with Gasteiger partial charge in [0, 0.05) is 33.4 Å². The first-order valence-corrected chi connectivity index (χ1v) is 12.2. The minimum Gasteiger partial charge on any atom is -0.455 e. The Morgan fingerprint density at radius 1 is 0.444 bits per heavy atom. The van der Waals surface area contributed by atoms with Crippen molar-refractivity contribution in [2.75, 3.05) is 4.90 Å². The van der Waals surface area contributed by atoms with Crippen LogP contribution in [0, 0.1) is 0 Å². The van der Waals surface area contributed by atoms with Crippen molar-refractivity contribution >= 4 is 49.8 Å². The quantitative estimate of drug-likeness (QED) is 0.259. The monoisotopic (exact) mass is 461 g/mol. The van der Waals surface area contributed by atoms with E-state index in [4.69, 9.17) is 4.42 Å². The molecule has 0 spiro atoms. The molecule has 0 saturated heterocycles. The number of anilines is 3. The molecule has 2 heteroatoms. The molecule has 0 atom stereocenters. The number of hydrogen-bond donors (Lipinski definition) is 0. The molecule has 1 heterocycles. The molecule has 1 aromatic heterocycles. The van der Waals surface area contributed by atoms with Gasteiger partial charge >= 0.3 is 0 Å². The van der Waals surface area contributed by atoms with Gasteiger partial charge in [-0.1, -0.05) is 91.0 Å². The highest BCUT2D eigenvalue weighted by molar-refractivity contribution is 6.14. The van der Waals surface area contributed by atoms with E-state index >= 15 is 0 Å². The second kappa shape index (κ2) is 8.44. The normalized spacial score (nSPS) is 11.3. The van der Waals surface area contributed by atoms with Gasteiger partial charge in [0.2, 0.25) is 0 Å². The fourth-order valence-corrected chi connectivity index (χ4v) is 5.11. The van der Waals surface area contributed by atoms with Gasteiger partial charge in [-0.15, -0.1) is 0 Å². The van der Waals surface area contributed by atoms with Gasteiger partial charge in [0.1, 0.15) is 11.2 Å². The lowest BCUT2D eigenvalue weighted by Gasteiger charge is -2.26. The lowest BCUT2D eigenvalue weighted by molar-refractivity contribution is 0.670. The first kappa shape index (κ1) is 20.5. The minimum absolute atomic E-state index is 0.906. The summed E-state index contributed by atoms with van der Waals surface area (Å²) in [6, 6.07) is 49.0. The van der Waals surface area contributed by atoms with Crippen LogP contribution in [0.3, 0.4) is 0 Å². The zero-order valence-electron chi connectivity index (χ0n) is 19.6. The molecular formula is C34H23NO. The number of hydrogen-bond acceptors (Lipinski definition) is 2. The Bertz CT molecular complexity index is 1780. The Hall–Kier alpha value is -4.82. The lowest BCUT2D eigenvalue weighted by Crippen LogP contribution is -2.09. The van der Waals surface area contributed by atoms with E-state index in [1.54, 1.807) is 0 Å². The SMILES string of the molecule is c1ccc(-c2cc(N(c3ccccc3)c3ccccc3)cc3c2oc2cc4ccccc4cc23)cc1. The molecule has 36 heavy (non-hydrogen) atoms. The van der Waals surface area contributed by atoms with Crippen LogP contribution in [0.25, 0.3) is 43.8 Å². The van der Waals surface area contributed by atoms with Crippen molar-refractivity contribution in [3.05, 3.63) is 140 Å². The summed E-state index contributed by atoms with van der Waals surface area (Å²) in [7, 11) is 0. The standard InChI is InChI=1S/C34H23NO/c1-4-12-24(13-5-1)30-22-29(35(27-16-6-2-7-17-27)28-18-8-3-9-19-28)23-32-31-20-25-14-10-11-15-26(25)21-33(31)36-34(30)32/h1-23H. The summed E-state index contributed by atoms with van der Waals surface area (Å²) in [6.07, 6.45) is 0. The largest absolute Gasteiger partial charge is 0.455 e. The lowest BCUT2D eigenvalue weighted by atomic mass is 9.99. The summed E-state index contributed by atoms with van der Waals surface area (Å²) >= 11 is 0. The van der Waals surface area contributed by atoms with Crippen molar-refractivity contribution in [1.82, 2.24) is 0 Å². The smallest absolute Gasteiger partial charge is 0.143 e. The van der Waals surface area contributed by atoms with Crippen LogP contribution in [-0.2, 0) is 0 Å². The number of furan rings is 1. The molecular weight excluding hydrogens is 438 g/mol. The van der Waals surface area contributed by atoms with Crippen molar-refractivity contribution in [1.29, 1.82) is 0 Å². The van der Waals surface area contributed by atoms with Gasteiger partial charge in [-0.25, -0.2) is 0 Å². The fraction of sp³-hybridized carbons (Fsp3) is 0. The van der Waals surface area contributed by atoms with Crippen molar-refractivity contribution in [3.8, 4) is 11.1 Å². The summed E-state index contributed by atoms with van der Waals surface area (Å²) in [5, 5.41) is 4.64. The molecule has 0 saturated carbocycles. The van der Waals surface area contributed by atoms with Crippen LogP contribution in [0.1, 0.15) is 0 Å². The topological polar surface area (TPSA) is 16.4 Å². The van der Waals surface area contributed by atoms with Crippen LogP contribution in [-0.4, -0.2) is 0 Å². The van der Waals surface area contributed by atoms with E-state index in [1.807, 2.05) is 0 Å². The third-order valence-corrected chi connectivity index (χ3v) is 6.80. The molecule has 0 unspecified atom stereocenters. The first-order chi connectivity index (χ1) is 17.8. The summed E-state index contributed by atoms with van der Waals surface area (Å²) in [4.78, 5) is 2.31. The second-order valence-corrected chi connectivity index (χ2v) is 9.04. The first-order valence-electron chi connectivity index (χ1n) is 12.2. The van der Waals surface area contributed by atoms with Gasteiger partial charge in [0.05, 0.1) is 0 Å². The molecule has 0 aliphatic rings. The predicted octanol–water partition coefficient (Wildman–Crippen LogP) is 9.88. The van der Waals surface area contributed by atoms with Crippen LogP contribution in [0.5, 0.6) is 0 Å². The third-order valence-electron chi connectivity index (χ3n) is 6.80. The molecule has 170 valence electrons. The second-order valence-electron chi connectivity index (χ2n) is 9.04. The van der Waals surface area contributed by atoms with Crippen molar-refractivity contribution in [2.24, 2.45) is 0 Å². The van der Waals surface area contributed by atoms with Crippen molar-refractivity contribution in [3.63, 3.8) is 0 Å². The Morgan fingerprint density at radius 2 is 1.00 bits per heavy atom. The molecule has 2 nitrogen and oxygen atoms in total. The van der Waals surface area contributed by atoms with Gasteiger partial charge < -0.3 is 9.32 Å². The van der Waals surface area contributed by atoms with Crippen LogP contribution in [0.15, 0.2) is 144 Å². The van der Waals surface area contributed by atoms with E-state index < -0.39 is 0 Å². The van der Waals surface area contributed by atoms with Gasteiger partial charge in [-0.3, -0.25) is 0 Å². The number of para-hydroxylation sites is 2. The summed E-state index contributed by atoms with van der Waals surface area (Å²) in [6.45, 7) is 0. The average molecular weight is 462 g/mol. The third kappa shape index (κ3) is 3.43. The van der Waals surface area contributed by atoms with Gasteiger partial charge in [0.15, 0.2) is 0 Å². The van der Waals surface area contributed by atoms with E-state index in [2.05, 4.69) is 144 Å². The molecule has 0 aliphatic heterocycles. The van der Waals surface area contributed by atoms with E-state index in [9.17, 15) is 0 Å². The number of rotatable bonds is 4. The molecule has 0 bridgehead atoms. The van der Waals surface area contributed by atoms with Gasteiger partial charge in [-0.2, -0.15) is 0 Å². The Morgan fingerprint density at radius 3 is 1.64 bits per heavy atom. The van der Waals surface area contributed by atoms with Crippen molar-refractivity contribution < 1.29 is 4.42 Å². The van der Waals surface area contributed by atoms with Crippen molar-refractivity contribution in [2.45, 2.75) is 0 Å². The highest BCUT2D eigenvalue weighted by atomic mass is 16.3. The molecule has 0 aliphatic carbocycles. The maximum atomic E-state index is 6.57. The maximum Gasteiger partial charge on any atom is 0.143 e.